The zero-order valence-electron chi connectivity index (χ0n) is 10.6. The summed E-state index contributed by atoms with van der Waals surface area (Å²) in [4.78, 5) is 1.79. The normalized spacial score (nSPS) is 29.3. The molecule has 3 atom stereocenters. The van der Waals surface area contributed by atoms with Crippen LogP contribution in [0.2, 0.25) is 0 Å². The Morgan fingerprint density at radius 3 is 2.28 bits per heavy atom. The van der Waals surface area contributed by atoms with Crippen LogP contribution in [0.25, 0.3) is 0 Å². The summed E-state index contributed by atoms with van der Waals surface area (Å²) in [5.41, 5.74) is 5.16. The van der Waals surface area contributed by atoms with Crippen LogP contribution < -0.4 is 5.73 Å². The number of likely N-dealkylation sites (tertiary alicyclic amines) is 1. The molecule has 0 spiro atoms. The van der Waals surface area contributed by atoms with Crippen molar-refractivity contribution in [3.8, 4) is 0 Å². The summed E-state index contributed by atoms with van der Waals surface area (Å²) in [7, 11) is 0. The molecule has 1 heterocycles. The van der Waals surface area contributed by atoms with Crippen molar-refractivity contribution in [1.82, 2.24) is 4.90 Å². The van der Waals surface area contributed by atoms with Crippen LogP contribution in [0.1, 0.15) is 33.1 Å². The first-order valence-corrected chi connectivity index (χ1v) is 6.07. The minimum absolute atomic E-state index is 0.0880. The Morgan fingerprint density at radius 1 is 1.39 bits per heavy atom. The number of hydrogen-bond acceptors (Lipinski definition) is 3. The van der Waals surface area contributed by atoms with E-state index in [1.807, 2.05) is 13.8 Å². The van der Waals surface area contributed by atoms with Gasteiger partial charge in [0.05, 0.1) is 0 Å². The van der Waals surface area contributed by atoms with Crippen molar-refractivity contribution in [2.75, 3.05) is 6.54 Å². The smallest absolute Gasteiger partial charge is 0.400 e. The lowest BCUT2D eigenvalue weighted by Gasteiger charge is -2.40. The van der Waals surface area contributed by atoms with Crippen LogP contribution in [0.5, 0.6) is 0 Å². The van der Waals surface area contributed by atoms with Crippen LogP contribution >= 0.6 is 0 Å². The monoisotopic (exact) mass is 267 g/mol. The van der Waals surface area contributed by atoms with Gasteiger partial charge in [-0.05, 0) is 26.7 Å². The van der Waals surface area contributed by atoms with Crippen LogP contribution in [0.15, 0.2) is 5.16 Å². The maximum atomic E-state index is 12.9. The Balaban J connectivity index is 2.82. The molecule has 0 aliphatic carbocycles. The van der Waals surface area contributed by atoms with Crippen molar-refractivity contribution in [1.29, 1.82) is 0 Å². The van der Waals surface area contributed by atoms with Crippen molar-refractivity contribution in [3.63, 3.8) is 0 Å². The highest BCUT2D eigenvalue weighted by molar-refractivity contribution is 5.83. The Hall–Kier alpha value is -0.980. The number of nitrogens with zero attached hydrogens (tertiary/aromatic N) is 2. The van der Waals surface area contributed by atoms with Gasteiger partial charge in [-0.25, -0.2) is 0 Å². The van der Waals surface area contributed by atoms with Gasteiger partial charge in [0.15, 0.2) is 5.84 Å². The van der Waals surface area contributed by atoms with Gasteiger partial charge in [-0.2, -0.15) is 13.2 Å². The number of halogens is 3. The van der Waals surface area contributed by atoms with Crippen LogP contribution in [-0.2, 0) is 0 Å². The van der Waals surface area contributed by atoms with Crippen molar-refractivity contribution >= 4 is 5.84 Å². The second kappa shape index (κ2) is 5.77. The van der Waals surface area contributed by atoms with E-state index in [1.165, 1.54) is 0 Å². The van der Waals surface area contributed by atoms with E-state index in [1.54, 1.807) is 4.90 Å². The number of piperidine rings is 1. The molecular weight excluding hydrogens is 247 g/mol. The van der Waals surface area contributed by atoms with Crippen LogP contribution in [-0.4, -0.2) is 40.7 Å². The molecule has 0 aromatic heterocycles. The Morgan fingerprint density at radius 2 is 1.89 bits per heavy atom. The Bertz CT molecular complexity index is 296. The largest absolute Gasteiger partial charge is 0.409 e. The first-order chi connectivity index (χ1) is 8.27. The van der Waals surface area contributed by atoms with Gasteiger partial charge in [0.1, 0.15) is 5.92 Å². The molecule has 0 saturated carbocycles. The molecule has 0 aromatic rings. The first-order valence-electron chi connectivity index (χ1n) is 6.07. The Labute approximate surface area is 105 Å². The molecule has 1 fully saturated rings. The second-order valence-electron chi connectivity index (χ2n) is 4.94. The van der Waals surface area contributed by atoms with Gasteiger partial charge in [0.25, 0.3) is 0 Å². The predicted molar refractivity (Wildman–Crippen MR) is 62.4 cm³/mol. The molecule has 7 heteroatoms. The molecule has 1 saturated heterocycles. The van der Waals surface area contributed by atoms with E-state index in [4.69, 9.17) is 10.9 Å². The van der Waals surface area contributed by atoms with Gasteiger partial charge in [-0.3, -0.25) is 4.90 Å². The first kappa shape index (κ1) is 15.1. The maximum Gasteiger partial charge on any atom is 0.400 e. The molecule has 0 amide bonds. The number of hydrogen-bond donors (Lipinski definition) is 2. The molecule has 1 rings (SSSR count). The van der Waals surface area contributed by atoms with E-state index < -0.39 is 17.9 Å². The summed E-state index contributed by atoms with van der Waals surface area (Å²) in [6.07, 6.45) is -1.71. The SMILES string of the molecule is CC1CCCC(C)N1CC(C(N)=NO)C(F)(F)F. The molecule has 0 aromatic carbocycles. The van der Waals surface area contributed by atoms with Gasteiger partial charge in [0, 0.05) is 18.6 Å². The molecular formula is C11H20F3N3O. The van der Waals surface area contributed by atoms with E-state index in [2.05, 4.69) is 5.16 Å². The molecule has 3 unspecified atom stereocenters. The summed E-state index contributed by atoms with van der Waals surface area (Å²) >= 11 is 0. The van der Waals surface area contributed by atoms with Crippen LogP contribution in [0.3, 0.4) is 0 Å². The number of amidine groups is 1. The van der Waals surface area contributed by atoms with E-state index in [0.717, 1.165) is 19.3 Å². The average Bonchev–Trinajstić information content (AvgIpc) is 2.26. The number of nitrogens with two attached hydrogens (primary N) is 1. The molecule has 0 bridgehead atoms. The van der Waals surface area contributed by atoms with Gasteiger partial charge in [-0.15, -0.1) is 0 Å². The highest BCUT2D eigenvalue weighted by Gasteiger charge is 2.45. The number of alkyl halides is 3. The van der Waals surface area contributed by atoms with Crippen molar-refractivity contribution in [2.45, 2.75) is 51.4 Å². The van der Waals surface area contributed by atoms with E-state index in [-0.39, 0.29) is 18.6 Å². The van der Waals surface area contributed by atoms with Crippen molar-refractivity contribution < 1.29 is 18.4 Å². The summed E-state index contributed by atoms with van der Waals surface area (Å²) < 4.78 is 38.6. The molecule has 106 valence electrons. The van der Waals surface area contributed by atoms with E-state index in [9.17, 15) is 13.2 Å². The minimum atomic E-state index is -4.49. The quantitative estimate of drug-likeness (QED) is 0.356. The standard InChI is InChI=1S/C11H20F3N3O/c1-7-4-3-5-8(2)17(7)6-9(10(15)16-18)11(12,13)14/h7-9,18H,3-6H2,1-2H3,(H2,15,16). The highest BCUT2D eigenvalue weighted by atomic mass is 19.4. The third-order valence-electron chi connectivity index (χ3n) is 3.64. The fourth-order valence-corrected chi connectivity index (χ4v) is 2.48. The average molecular weight is 267 g/mol. The van der Waals surface area contributed by atoms with Crippen LogP contribution in [0.4, 0.5) is 13.2 Å². The number of oxime groups is 1. The molecule has 1 aliphatic rings. The molecule has 18 heavy (non-hydrogen) atoms. The maximum absolute atomic E-state index is 12.9. The van der Waals surface area contributed by atoms with Gasteiger partial charge in [0.2, 0.25) is 0 Å². The van der Waals surface area contributed by atoms with E-state index in [0.29, 0.717) is 0 Å². The van der Waals surface area contributed by atoms with Gasteiger partial charge in [-0.1, -0.05) is 11.6 Å². The lowest BCUT2D eigenvalue weighted by molar-refractivity contribution is -0.163. The van der Waals surface area contributed by atoms with Gasteiger partial charge >= 0.3 is 6.18 Å². The topological polar surface area (TPSA) is 61.8 Å². The zero-order valence-corrected chi connectivity index (χ0v) is 10.6. The molecule has 4 nitrogen and oxygen atoms in total. The van der Waals surface area contributed by atoms with Gasteiger partial charge < -0.3 is 10.9 Å². The summed E-state index contributed by atoms with van der Waals surface area (Å²) in [6, 6.07) is 0.176. The fraction of sp³-hybridized carbons (Fsp3) is 0.909. The molecule has 1 aliphatic heterocycles. The lowest BCUT2D eigenvalue weighted by atomic mass is 9.95. The minimum Gasteiger partial charge on any atom is -0.409 e. The fourth-order valence-electron chi connectivity index (χ4n) is 2.48. The lowest BCUT2D eigenvalue weighted by Crippen LogP contribution is -2.51. The van der Waals surface area contributed by atoms with Crippen LogP contribution in [0, 0.1) is 5.92 Å². The van der Waals surface area contributed by atoms with Crippen molar-refractivity contribution in [2.24, 2.45) is 16.8 Å². The summed E-state index contributed by atoms with van der Waals surface area (Å²) in [5, 5.41) is 11.0. The van der Waals surface area contributed by atoms with Crippen molar-refractivity contribution in [3.05, 3.63) is 0 Å². The third kappa shape index (κ3) is 3.51. The summed E-state index contributed by atoms with van der Waals surface area (Å²) in [5.74, 6) is -2.68. The number of rotatable bonds is 3. The summed E-state index contributed by atoms with van der Waals surface area (Å²) in [6.45, 7) is 3.58. The predicted octanol–water partition coefficient (Wildman–Crippen LogP) is 2.17. The Kier molecular flexibility index (Phi) is 4.84. The highest BCUT2D eigenvalue weighted by Crippen LogP contribution is 2.31. The molecule has 0 radical (unpaired) electrons. The molecule has 3 N–H and O–H groups in total. The third-order valence-corrected chi connectivity index (χ3v) is 3.64. The zero-order chi connectivity index (χ0) is 13.9. The van der Waals surface area contributed by atoms with E-state index >= 15 is 0 Å². The second-order valence-corrected chi connectivity index (χ2v) is 4.94.